The zero-order chi connectivity index (χ0) is 11.8. The molecule has 0 spiro atoms. The molecule has 0 unspecified atom stereocenters. The monoisotopic (exact) mass is 244 g/mol. The minimum Gasteiger partial charge on any atom is -0.478 e. The highest BCUT2D eigenvalue weighted by Gasteiger charge is 2.20. The third kappa shape index (κ3) is 1.52. The molecule has 0 aliphatic carbocycles. The molecule has 0 saturated carbocycles. The Balaban J connectivity index is 2.38. The van der Waals surface area contributed by atoms with E-state index in [1.54, 1.807) is 16.8 Å². The van der Waals surface area contributed by atoms with Crippen LogP contribution in [-0.2, 0) is 0 Å². The quantitative estimate of drug-likeness (QED) is 0.754. The molecule has 0 radical (unpaired) electrons. The average Bonchev–Trinajstić information content (AvgIpc) is 2.95. The molecule has 4 nitrogen and oxygen atoms in total. The van der Waals surface area contributed by atoms with Crippen LogP contribution in [0.2, 0.25) is 0 Å². The minimum atomic E-state index is -0.949. The fraction of sp³-hybridized carbons (Fsp3) is 0. The third-order valence-corrected chi connectivity index (χ3v) is 3.38. The van der Waals surface area contributed by atoms with Gasteiger partial charge < -0.3 is 5.11 Å². The summed E-state index contributed by atoms with van der Waals surface area (Å²) in [7, 11) is 0. The third-order valence-electron chi connectivity index (χ3n) is 2.51. The Bertz CT molecular complexity index is 686. The van der Waals surface area contributed by atoms with Crippen LogP contribution in [-0.4, -0.2) is 20.7 Å². The van der Waals surface area contributed by atoms with E-state index in [1.807, 2.05) is 29.6 Å². The molecule has 3 rings (SSSR count). The van der Waals surface area contributed by atoms with Crippen molar-refractivity contribution >= 4 is 22.8 Å². The molecule has 0 aromatic carbocycles. The Morgan fingerprint density at radius 1 is 1.29 bits per heavy atom. The highest BCUT2D eigenvalue weighted by molar-refractivity contribution is 7.13. The molecule has 3 heterocycles. The highest BCUT2D eigenvalue weighted by Crippen LogP contribution is 2.29. The van der Waals surface area contributed by atoms with Crippen LogP contribution in [0.1, 0.15) is 10.4 Å². The van der Waals surface area contributed by atoms with Crippen LogP contribution in [0.4, 0.5) is 0 Å². The number of carboxylic acids is 1. The Labute approximate surface area is 101 Å². The Morgan fingerprint density at radius 2 is 2.18 bits per heavy atom. The first kappa shape index (κ1) is 10.0. The highest BCUT2D eigenvalue weighted by atomic mass is 32.1. The van der Waals surface area contributed by atoms with Gasteiger partial charge in [-0.25, -0.2) is 9.31 Å². The van der Waals surface area contributed by atoms with Gasteiger partial charge in [-0.05, 0) is 23.6 Å². The lowest BCUT2D eigenvalue weighted by Crippen LogP contribution is -1.97. The molecule has 0 aliphatic heterocycles. The molecular weight excluding hydrogens is 236 g/mol. The molecular formula is C12H8N2O2S. The lowest BCUT2D eigenvalue weighted by molar-refractivity contribution is 0.0700. The van der Waals surface area contributed by atoms with Crippen molar-refractivity contribution in [3.05, 3.63) is 47.5 Å². The fourth-order valence-corrected chi connectivity index (χ4v) is 2.51. The van der Waals surface area contributed by atoms with Gasteiger partial charge in [0, 0.05) is 6.20 Å². The lowest BCUT2D eigenvalue weighted by Gasteiger charge is -1.94. The fourth-order valence-electron chi connectivity index (χ4n) is 1.80. The van der Waals surface area contributed by atoms with Crippen LogP contribution in [0.25, 0.3) is 16.1 Å². The first-order valence-corrected chi connectivity index (χ1v) is 5.90. The van der Waals surface area contributed by atoms with E-state index in [9.17, 15) is 9.90 Å². The molecule has 3 aromatic rings. The molecule has 84 valence electrons. The molecule has 0 bridgehead atoms. The maximum absolute atomic E-state index is 11.3. The number of carboxylic acid groups (broad SMARTS) is 1. The number of rotatable bonds is 2. The number of carbonyl (C=O) groups is 1. The Morgan fingerprint density at radius 3 is 2.88 bits per heavy atom. The number of nitrogens with zero attached hydrogens (tertiary/aromatic N) is 2. The van der Waals surface area contributed by atoms with Crippen molar-refractivity contribution in [3.8, 4) is 10.6 Å². The van der Waals surface area contributed by atoms with Gasteiger partial charge in [0.05, 0.1) is 10.4 Å². The SMILES string of the molecule is O=C(O)c1c(-c2cccs2)nn2ccccc12. The first-order valence-electron chi connectivity index (χ1n) is 5.02. The molecule has 1 N–H and O–H groups in total. The van der Waals surface area contributed by atoms with Crippen molar-refractivity contribution < 1.29 is 9.90 Å². The van der Waals surface area contributed by atoms with Gasteiger partial charge in [-0.2, -0.15) is 5.10 Å². The van der Waals surface area contributed by atoms with E-state index >= 15 is 0 Å². The molecule has 17 heavy (non-hydrogen) atoms. The number of aromatic nitrogens is 2. The standard InChI is InChI=1S/C12H8N2O2S/c15-12(16)10-8-4-1-2-6-14(8)13-11(10)9-5-3-7-17-9/h1-7H,(H,15,16). The number of pyridine rings is 1. The van der Waals surface area contributed by atoms with E-state index in [1.165, 1.54) is 11.3 Å². The normalized spacial score (nSPS) is 10.8. The molecule has 0 saturated heterocycles. The summed E-state index contributed by atoms with van der Waals surface area (Å²) in [6, 6.07) is 9.15. The van der Waals surface area contributed by atoms with Crippen molar-refractivity contribution in [2.75, 3.05) is 0 Å². The molecule has 5 heteroatoms. The van der Waals surface area contributed by atoms with E-state index in [2.05, 4.69) is 5.10 Å². The second-order valence-corrected chi connectivity index (χ2v) is 4.48. The smallest absolute Gasteiger partial charge is 0.340 e. The van der Waals surface area contributed by atoms with Crippen LogP contribution in [0.15, 0.2) is 41.9 Å². The number of hydrogen-bond acceptors (Lipinski definition) is 3. The van der Waals surface area contributed by atoms with Gasteiger partial charge in [0.1, 0.15) is 11.3 Å². The van der Waals surface area contributed by atoms with Gasteiger partial charge >= 0.3 is 5.97 Å². The predicted octanol–water partition coefficient (Wildman–Crippen LogP) is 2.76. The number of thiophene rings is 1. The minimum absolute atomic E-state index is 0.257. The number of hydrogen-bond donors (Lipinski definition) is 1. The molecule has 0 aliphatic rings. The lowest BCUT2D eigenvalue weighted by atomic mass is 10.2. The van der Waals surface area contributed by atoms with Crippen LogP contribution < -0.4 is 0 Å². The van der Waals surface area contributed by atoms with Crippen molar-refractivity contribution in [2.45, 2.75) is 0 Å². The van der Waals surface area contributed by atoms with Crippen molar-refractivity contribution in [2.24, 2.45) is 0 Å². The van der Waals surface area contributed by atoms with Crippen molar-refractivity contribution in [1.82, 2.24) is 9.61 Å². The van der Waals surface area contributed by atoms with Crippen LogP contribution in [0, 0.1) is 0 Å². The maximum atomic E-state index is 11.3. The van der Waals surface area contributed by atoms with Gasteiger partial charge in [-0.1, -0.05) is 12.1 Å². The second kappa shape index (κ2) is 3.71. The molecule has 0 amide bonds. The van der Waals surface area contributed by atoms with E-state index in [0.29, 0.717) is 11.2 Å². The summed E-state index contributed by atoms with van der Waals surface area (Å²) in [5.41, 5.74) is 1.40. The van der Waals surface area contributed by atoms with Crippen LogP contribution >= 0.6 is 11.3 Å². The zero-order valence-electron chi connectivity index (χ0n) is 8.70. The predicted molar refractivity (Wildman–Crippen MR) is 65.5 cm³/mol. The van der Waals surface area contributed by atoms with Crippen molar-refractivity contribution in [1.29, 1.82) is 0 Å². The summed E-state index contributed by atoms with van der Waals surface area (Å²) < 4.78 is 1.60. The average molecular weight is 244 g/mol. The number of fused-ring (bicyclic) bond motifs is 1. The molecule has 0 fully saturated rings. The summed E-state index contributed by atoms with van der Waals surface area (Å²) in [4.78, 5) is 12.2. The Hall–Kier alpha value is -2.14. The largest absolute Gasteiger partial charge is 0.478 e. The summed E-state index contributed by atoms with van der Waals surface area (Å²) in [5.74, 6) is -0.949. The van der Waals surface area contributed by atoms with Gasteiger partial charge in [-0.3, -0.25) is 0 Å². The van der Waals surface area contributed by atoms with E-state index in [4.69, 9.17) is 0 Å². The van der Waals surface area contributed by atoms with Gasteiger partial charge in [0.15, 0.2) is 0 Å². The second-order valence-electron chi connectivity index (χ2n) is 3.54. The van der Waals surface area contributed by atoms with Gasteiger partial charge in [0.25, 0.3) is 0 Å². The zero-order valence-corrected chi connectivity index (χ0v) is 9.52. The topological polar surface area (TPSA) is 54.6 Å². The molecule has 3 aromatic heterocycles. The first-order chi connectivity index (χ1) is 8.27. The Kier molecular flexibility index (Phi) is 2.19. The summed E-state index contributed by atoms with van der Waals surface area (Å²) in [6.45, 7) is 0. The molecule has 0 atom stereocenters. The number of aromatic carboxylic acids is 1. The van der Waals surface area contributed by atoms with Crippen molar-refractivity contribution in [3.63, 3.8) is 0 Å². The summed E-state index contributed by atoms with van der Waals surface area (Å²) in [5, 5.41) is 15.5. The summed E-state index contributed by atoms with van der Waals surface area (Å²) >= 11 is 1.48. The van der Waals surface area contributed by atoms with Gasteiger partial charge in [-0.15, -0.1) is 11.3 Å². The van der Waals surface area contributed by atoms with Crippen LogP contribution in [0.3, 0.4) is 0 Å². The van der Waals surface area contributed by atoms with Gasteiger partial charge in [0.2, 0.25) is 0 Å². The summed E-state index contributed by atoms with van der Waals surface area (Å²) in [6.07, 6.45) is 1.75. The maximum Gasteiger partial charge on any atom is 0.340 e. The van der Waals surface area contributed by atoms with E-state index < -0.39 is 5.97 Å². The van der Waals surface area contributed by atoms with E-state index in [-0.39, 0.29) is 5.56 Å². The van der Waals surface area contributed by atoms with Crippen LogP contribution in [0.5, 0.6) is 0 Å². The van der Waals surface area contributed by atoms with E-state index in [0.717, 1.165) is 4.88 Å².